The van der Waals surface area contributed by atoms with E-state index in [1.165, 1.54) is 0 Å². The SMILES string of the molecule is CC[N+]1(OC(=O)C(C=O)c2c(C)cc(C)cc2C)CC=Cc2ccccc21. The van der Waals surface area contributed by atoms with E-state index in [1.807, 2.05) is 76.2 Å². The minimum atomic E-state index is -0.926. The van der Waals surface area contributed by atoms with Gasteiger partial charge in [-0.2, -0.15) is 0 Å². The number of likely N-dealkylation sites (N-methyl/N-ethyl adjacent to an activating group) is 1. The number of para-hydroxylation sites is 1. The van der Waals surface area contributed by atoms with Crippen molar-refractivity contribution in [2.45, 2.75) is 33.6 Å². The van der Waals surface area contributed by atoms with Gasteiger partial charge in [0.1, 0.15) is 25.3 Å². The first-order valence-corrected chi connectivity index (χ1v) is 9.31. The zero-order chi connectivity index (χ0) is 19.6. The Hall–Kier alpha value is -2.72. The van der Waals surface area contributed by atoms with E-state index < -0.39 is 11.9 Å². The average Bonchev–Trinajstić information content (AvgIpc) is 2.64. The maximum absolute atomic E-state index is 13.1. The maximum atomic E-state index is 13.1. The summed E-state index contributed by atoms with van der Waals surface area (Å²) in [5, 5.41) is 0. The average molecular weight is 364 g/mol. The third-order valence-corrected chi connectivity index (χ3v) is 5.29. The fraction of sp³-hybridized carbons (Fsp3) is 0.304. The molecule has 0 N–H and O–H groups in total. The third-order valence-electron chi connectivity index (χ3n) is 5.29. The van der Waals surface area contributed by atoms with Crippen LogP contribution in [0.4, 0.5) is 5.69 Å². The summed E-state index contributed by atoms with van der Waals surface area (Å²) in [6.45, 7) is 9.00. The van der Waals surface area contributed by atoms with Gasteiger partial charge in [0.05, 0.1) is 0 Å². The van der Waals surface area contributed by atoms with E-state index in [0.717, 1.165) is 33.5 Å². The molecule has 0 spiro atoms. The summed E-state index contributed by atoms with van der Waals surface area (Å²) < 4.78 is 0.0692. The molecule has 2 unspecified atom stereocenters. The normalized spacial score (nSPS) is 19.3. The molecule has 0 saturated heterocycles. The zero-order valence-corrected chi connectivity index (χ0v) is 16.4. The second-order valence-electron chi connectivity index (χ2n) is 7.19. The molecule has 4 nitrogen and oxygen atoms in total. The maximum Gasteiger partial charge on any atom is 0.381 e. The standard InChI is InChI=1S/C23H26NO3/c1-5-24(12-8-10-19-9-6-7-11-21(19)24)27-23(26)20(15-25)22-17(3)13-16(2)14-18(22)4/h6-11,13-15,20H,5,12H2,1-4H3/q+1. The predicted molar refractivity (Wildman–Crippen MR) is 108 cm³/mol. The lowest BCUT2D eigenvalue weighted by atomic mass is 9.90. The Kier molecular flexibility index (Phi) is 5.29. The van der Waals surface area contributed by atoms with Crippen molar-refractivity contribution in [3.8, 4) is 0 Å². The van der Waals surface area contributed by atoms with Gasteiger partial charge in [-0.3, -0.25) is 4.84 Å². The first-order chi connectivity index (χ1) is 12.9. The molecule has 0 aliphatic carbocycles. The molecule has 2 aromatic rings. The topological polar surface area (TPSA) is 43.4 Å². The molecular weight excluding hydrogens is 338 g/mol. The van der Waals surface area contributed by atoms with E-state index in [0.29, 0.717) is 19.4 Å². The number of quaternary nitrogens is 1. The molecule has 0 bridgehead atoms. The van der Waals surface area contributed by atoms with Crippen molar-refractivity contribution in [3.63, 3.8) is 0 Å². The van der Waals surface area contributed by atoms with Crippen LogP contribution in [-0.4, -0.2) is 25.3 Å². The largest absolute Gasteiger partial charge is 0.381 e. The zero-order valence-electron chi connectivity index (χ0n) is 16.4. The monoisotopic (exact) mass is 364 g/mol. The molecule has 3 rings (SSSR count). The first-order valence-electron chi connectivity index (χ1n) is 9.31. The number of hydrogen-bond acceptors (Lipinski definition) is 3. The van der Waals surface area contributed by atoms with Crippen LogP contribution in [0.25, 0.3) is 6.08 Å². The van der Waals surface area contributed by atoms with E-state index >= 15 is 0 Å². The van der Waals surface area contributed by atoms with Crippen molar-refractivity contribution < 1.29 is 14.4 Å². The van der Waals surface area contributed by atoms with Gasteiger partial charge in [0.2, 0.25) is 0 Å². The molecule has 0 fully saturated rings. The fourth-order valence-electron chi connectivity index (χ4n) is 4.05. The summed E-state index contributed by atoms with van der Waals surface area (Å²) in [6.07, 6.45) is 4.75. The van der Waals surface area contributed by atoms with E-state index in [-0.39, 0.29) is 4.65 Å². The van der Waals surface area contributed by atoms with Gasteiger partial charge in [0, 0.05) is 11.6 Å². The molecular formula is C23H26NO3+. The highest BCUT2D eigenvalue weighted by Gasteiger charge is 2.40. The Balaban J connectivity index is 1.98. The van der Waals surface area contributed by atoms with Crippen LogP contribution in [0.2, 0.25) is 0 Å². The van der Waals surface area contributed by atoms with E-state index in [9.17, 15) is 9.59 Å². The number of nitrogens with zero attached hydrogens (tertiary/aromatic N) is 1. The molecule has 4 heteroatoms. The smallest absolute Gasteiger partial charge is 0.302 e. The second kappa shape index (κ2) is 7.49. The van der Waals surface area contributed by atoms with Crippen molar-refractivity contribution in [1.82, 2.24) is 4.65 Å². The molecule has 2 aromatic carbocycles. The van der Waals surface area contributed by atoms with Crippen LogP contribution in [0, 0.1) is 20.8 Å². The van der Waals surface area contributed by atoms with Crippen LogP contribution in [0.15, 0.2) is 42.5 Å². The van der Waals surface area contributed by atoms with E-state index in [2.05, 4.69) is 0 Å². The van der Waals surface area contributed by atoms with Crippen LogP contribution in [0.5, 0.6) is 0 Å². The molecule has 140 valence electrons. The van der Waals surface area contributed by atoms with Crippen molar-refractivity contribution in [1.29, 1.82) is 0 Å². The van der Waals surface area contributed by atoms with Gasteiger partial charge in [-0.25, -0.2) is 4.79 Å². The fourth-order valence-corrected chi connectivity index (χ4v) is 4.05. The Morgan fingerprint density at radius 1 is 1.19 bits per heavy atom. The van der Waals surface area contributed by atoms with E-state index in [4.69, 9.17) is 4.84 Å². The van der Waals surface area contributed by atoms with Crippen LogP contribution < -0.4 is 4.65 Å². The van der Waals surface area contributed by atoms with Crippen molar-refractivity contribution in [2.75, 3.05) is 13.1 Å². The molecule has 1 aliphatic heterocycles. The highest BCUT2D eigenvalue weighted by atomic mass is 16.7. The second-order valence-corrected chi connectivity index (χ2v) is 7.19. The van der Waals surface area contributed by atoms with Gasteiger partial charge in [0.25, 0.3) is 0 Å². The Morgan fingerprint density at radius 3 is 2.48 bits per heavy atom. The molecule has 1 aliphatic rings. The Labute approximate surface area is 160 Å². The quantitative estimate of drug-likeness (QED) is 0.448. The van der Waals surface area contributed by atoms with Gasteiger partial charge in [-0.1, -0.05) is 34.5 Å². The third kappa shape index (κ3) is 3.45. The van der Waals surface area contributed by atoms with Gasteiger partial charge in [0.15, 0.2) is 5.69 Å². The lowest BCUT2D eigenvalue weighted by Crippen LogP contribution is -2.52. The van der Waals surface area contributed by atoms with Crippen LogP contribution in [-0.2, 0) is 14.4 Å². The summed E-state index contributed by atoms with van der Waals surface area (Å²) in [6, 6.07) is 11.9. The Morgan fingerprint density at radius 2 is 1.85 bits per heavy atom. The summed E-state index contributed by atoms with van der Waals surface area (Å²) in [5.41, 5.74) is 5.70. The van der Waals surface area contributed by atoms with Gasteiger partial charge in [-0.15, -0.1) is 0 Å². The number of carbonyl (C=O) groups is 2. The number of hydroxylamine groups is 2. The van der Waals surface area contributed by atoms with Crippen LogP contribution in [0.3, 0.4) is 0 Å². The minimum absolute atomic E-state index is 0.0692. The lowest BCUT2D eigenvalue weighted by molar-refractivity contribution is -0.184. The van der Waals surface area contributed by atoms with Crippen molar-refractivity contribution in [2.24, 2.45) is 0 Å². The minimum Gasteiger partial charge on any atom is -0.302 e. The molecule has 0 aromatic heterocycles. The number of aldehydes is 1. The molecule has 2 atom stereocenters. The van der Waals surface area contributed by atoms with Crippen LogP contribution in [0.1, 0.15) is 40.7 Å². The molecule has 0 radical (unpaired) electrons. The highest BCUT2D eigenvalue weighted by Crippen LogP contribution is 2.34. The highest BCUT2D eigenvalue weighted by molar-refractivity contribution is 5.95. The predicted octanol–water partition coefficient (Wildman–Crippen LogP) is 4.41. The number of rotatable bonds is 5. The summed E-state index contributed by atoms with van der Waals surface area (Å²) in [5.74, 6) is -1.43. The van der Waals surface area contributed by atoms with Crippen LogP contribution >= 0.6 is 0 Å². The summed E-state index contributed by atoms with van der Waals surface area (Å²) in [4.78, 5) is 31.0. The summed E-state index contributed by atoms with van der Waals surface area (Å²) >= 11 is 0. The van der Waals surface area contributed by atoms with Gasteiger partial charge < -0.3 is 4.79 Å². The van der Waals surface area contributed by atoms with Crippen molar-refractivity contribution in [3.05, 3.63) is 70.3 Å². The Bertz CT molecular complexity index is 893. The summed E-state index contributed by atoms with van der Waals surface area (Å²) in [7, 11) is 0. The number of benzene rings is 2. The van der Waals surface area contributed by atoms with E-state index in [1.54, 1.807) is 0 Å². The molecule has 0 amide bonds. The number of aryl methyl sites for hydroxylation is 3. The lowest BCUT2D eigenvalue weighted by Gasteiger charge is -2.35. The van der Waals surface area contributed by atoms with Gasteiger partial charge >= 0.3 is 5.97 Å². The van der Waals surface area contributed by atoms with Crippen molar-refractivity contribution >= 4 is 24.0 Å². The first kappa shape index (κ1) is 19.1. The number of hydrogen-bond donors (Lipinski definition) is 0. The van der Waals surface area contributed by atoms with Gasteiger partial charge in [-0.05, 0) is 62.6 Å². The molecule has 1 heterocycles. The molecule has 0 saturated carbocycles. The number of fused-ring (bicyclic) bond motifs is 1. The number of carbonyl (C=O) groups excluding carboxylic acids is 2. The molecule has 27 heavy (non-hydrogen) atoms.